The number of halogens is 3. The summed E-state index contributed by atoms with van der Waals surface area (Å²) in [6.07, 6.45) is -11.5. The Bertz CT molecular complexity index is 552. The van der Waals surface area contributed by atoms with Gasteiger partial charge < -0.3 is 19.7 Å². The van der Waals surface area contributed by atoms with E-state index in [2.05, 4.69) is 4.99 Å². The molecule has 2 rings (SSSR count). The number of alkyl halides is 3. The molecule has 5 atom stereocenters. The van der Waals surface area contributed by atoms with Gasteiger partial charge in [0, 0.05) is 7.05 Å². The fourth-order valence-electron chi connectivity index (χ4n) is 2.38. The van der Waals surface area contributed by atoms with Gasteiger partial charge in [0.25, 0.3) is 0 Å². The highest BCUT2D eigenvalue weighted by Gasteiger charge is 2.51. The molecule has 0 spiro atoms. The minimum Gasteiger partial charge on any atom is -0.443 e. The van der Waals surface area contributed by atoms with Gasteiger partial charge in [-0.05, 0) is 20.8 Å². The van der Waals surface area contributed by atoms with Crippen molar-refractivity contribution >= 4 is 23.0 Å². The molecule has 0 aromatic heterocycles. The molecule has 2 N–H and O–H groups in total. The Kier molecular flexibility index (Phi) is 5.62. The number of hydrogen-bond donors (Lipinski definition) is 2. The van der Waals surface area contributed by atoms with Crippen molar-refractivity contribution in [2.24, 2.45) is 4.99 Å². The standard InChI is InChI=1S/C14H21F3N2O5S/c1-13(2,3)24-12(22)19(4)11-18-7-9(21)8(20)6(5-14(15,16)17)23-10(7)25-11/h6-10,20-21H,5H2,1-4H3/t6-,7-,8-,9-,10-/m1/s1. The molecule has 0 aromatic rings. The van der Waals surface area contributed by atoms with Crippen LogP contribution in [0.4, 0.5) is 18.0 Å². The van der Waals surface area contributed by atoms with Gasteiger partial charge in [-0.2, -0.15) is 13.2 Å². The van der Waals surface area contributed by atoms with Gasteiger partial charge >= 0.3 is 12.3 Å². The maximum atomic E-state index is 12.6. The number of ether oxygens (including phenoxy) is 2. The molecule has 0 saturated carbocycles. The smallest absolute Gasteiger partial charge is 0.416 e. The fourth-order valence-corrected chi connectivity index (χ4v) is 3.57. The van der Waals surface area contributed by atoms with Gasteiger partial charge in [0.05, 0.1) is 12.5 Å². The van der Waals surface area contributed by atoms with Gasteiger partial charge in [0.15, 0.2) is 5.17 Å². The van der Waals surface area contributed by atoms with Crippen molar-refractivity contribution in [3.63, 3.8) is 0 Å². The van der Waals surface area contributed by atoms with Gasteiger partial charge in [0.1, 0.15) is 29.3 Å². The molecule has 144 valence electrons. The van der Waals surface area contributed by atoms with Crippen LogP contribution in [0.1, 0.15) is 27.2 Å². The largest absolute Gasteiger partial charge is 0.443 e. The number of amidine groups is 1. The van der Waals surface area contributed by atoms with Crippen molar-refractivity contribution in [2.75, 3.05) is 7.05 Å². The number of aliphatic hydroxyl groups is 2. The molecule has 1 fully saturated rings. The predicted octanol–water partition coefficient (Wildman–Crippen LogP) is 1.72. The van der Waals surface area contributed by atoms with E-state index in [1.54, 1.807) is 20.8 Å². The fraction of sp³-hybridized carbons (Fsp3) is 0.857. The lowest BCUT2D eigenvalue weighted by molar-refractivity contribution is -0.209. The monoisotopic (exact) mass is 386 g/mol. The molecule has 2 aliphatic heterocycles. The summed E-state index contributed by atoms with van der Waals surface area (Å²) < 4.78 is 48.2. The maximum Gasteiger partial charge on any atom is 0.416 e. The highest BCUT2D eigenvalue weighted by molar-refractivity contribution is 8.14. The van der Waals surface area contributed by atoms with Gasteiger partial charge in [0.2, 0.25) is 0 Å². The van der Waals surface area contributed by atoms with E-state index in [-0.39, 0.29) is 5.17 Å². The van der Waals surface area contributed by atoms with Gasteiger partial charge in [-0.1, -0.05) is 11.8 Å². The van der Waals surface area contributed by atoms with Crippen molar-refractivity contribution in [1.82, 2.24) is 4.90 Å². The van der Waals surface area contributed by atoms with Crippen molar-refractivity contribution < 1.29 is 37.7 Å². The summed E-state index contributed by atoms with van der Waals surface area (Å²) in [5.74, 6) is 0. The molecular formula is C14H21F3N2O5S. The van der Waals surface area contributed by atoms with Crippen molar-refractivity contribution in [2.45, 2.75) is 68.8 Å². The summed E-state index contributed by atoms with van der Waals surface area (Å²) in [6, 6.07) is -0.968. The van der Waals surface area contributed by atoms with E-state index in [0.717, 1.165) is 16.7 Å². The van der Waals surface area contributed by atoms with E-state index in [0.29, 0.717) is 0 Å². The van der Waals surface area contributed by atoms with E-state index in [9.17, 15) is 28.2 Å². The topological polar surface area (TPSA) is 91.6 Å². The first-order valence-corrected chi connectivity index (χ1v) is 8.46. The first-order chi connectivity index (χ1) is 11.3. The maximum absolute atomic E-state index is 12.6. The van der Waals surface area contributed by atoms with Crippen molar-refractivity contribution in [3.05, 3.63) is 0 Å². The van der Waals surface area contributed by atoms with E-state index in [1.165, 1.54) is 7.05 Å². The number of hydrogen-bond acceptors (Lipinski definition) is 7. The van der Waals surface area contributed by atoms with Crippen LogP contribution in [-0.4, -0.2) is 75.0 Å². The predicted molar refractivity (Wildman–Crippen MR) is 84.2 cm³/mol. The Hall–Kier alpha value is -1.04. The molecule has 1 saturated heterocycles. The lowest BCUT2D eigenvalue weighted by Crippen LogP contribution is -2.55. The molecule has 0 aliphatic carbocycles. The van der Waals surface area contributed by atoms with Crippen LogP contribution < -0.4 is 0 Å². The Morgan fingerprint density at radius 1 is 1.32 bits per heavy atom. The lowest BCUT2D eigenvalue weighted by atomic mass is 9.96. The third-order valence-corrected chi connectivity index (χ3v) is 4.75. The molecule has 2 heterocycles. The van der Waals surface area contributed by atoms with Crippen molar-refractivity contribution in [1.29, 1.82) is 0 Å². The van der Waals surface area contributed by atoms with Gasteiger partial charge in [-0.3, -0.25) is 9.89 Å². The van der Waals surface area contributed by atoms with Crippen LogP contribution in [0.3, 0.4) is 0 Å². The minimum absolute atomic E-state index is 0.142. The second-order valence-electron chi connectivity index (χ2n) is 6.90. The number of amides is 1. The molecule has 0 aromatic carbocycles. The van der Waals surface area contributed by atoms with Gasteiger partial charge in [-0.15, -0.1) is 0 Å². The van der Waals surface area contributed by atoms with E-state index < -0.39 is 54.1 Å². The third-order valence-electron chi connectivity index (χ3n) is 3.54. The second-order valence-corrected chi connectivity index (χ2v) is 7.97. The Labute approximate surface area is 147 Å². The average Bonchev–Trinajstić information content (AvgIpc) is 2.84. The average molecular weight is 386 g/mol. The summed E-state index contributed by atoms with van der Waals surface area (Å²) in [5.41, 5.74) is -1.66. The first-order valence-electron chi connectivity index (χ1n) is 7.58. The highest BCUT2D eigenvalue weighted by atomic mass is 32.2. The molecule has 7 nitrogen and oxygen atoms in total. The quantitative estimate of drug-likeness (QED) is 0.713. The number of fused-ring (bicyclic) bond motifs is 1. The van der Waals surface area contributed by atoms with Gasteiger partial charge in [-0.25, -0.2) is 4.79 Å². The second kappa shape index (κ2) is 6.93. The van der Waals surface area contributed by atoms with Crippen LogP contribution in [0.25, 0.3) is 0 Å². The Morgan fingerprint density at radius 2 is 1.92 bits per heavy atom. The Balaban J connectivity index is 2.08. The molecular weight excluding hydrogens is 365 g/mol. The summed E-state index contributed by atoms with van der Waals surface area (Å²) >= 11 is 0.907. The lowest BCUT2D eigenvalue weighted by Gasteiger charge is -2.38. The molecule has 1 amide bonds. The number of rotatable bonds is 1. The SMILES string of the molecule is CN(C(=O)OC(C)(C)C)C1=N[C@@H]2[C@@H](O)[C@H](O)[C@@H](CC(F)(F)F)O[C@@H]2S1. The molecule has 11 heteroatoms. The zero-order chi connectivity index (χ0) is 19.2. The minimum atomic E-state index is -4.54. The zero-order valence-electron chi connectivity index (χ0n) is 14.1. The molecule has 0 radical (unpaired) electrons. The van der Waals surface area contributed by atoms with Crippen LogP contribution in [0.15, 0.2) is 4.99 Å². The van der Waals surface area contributed by atoms with Crippen LogP contribution in [-0.2, 0) is 9.47 Å². The normalized spacial score (nSPS) is 32.8. The van der Waals surface area contributed by atoms with E-state index in [4.69, 9.17) is 9.47 Å². The third kappa shape index (κ3) is 4.99. The number of nitrogens with zero attached hydrogens (tertiary/aromatic N) is 2. The molecule has 0 unspecified atom stereocenters. The van der Waals surface area contributed by atoms with Crippen molar-refractivity contribution in [3.8, 4) is 0 Å². The van der Waals surface area contributed by atoms with Crippen LogP contribution >= 0.6 is 11.8 Å². The molecule has 25 heavy (non-hydrogen) atoms. The molecule has 2 aliphatic rings. The number of carbonyl (C=O) groups excluding carboxylic acids is 1. The van der Waals surface area contributed by atoms with E-state index >= 15 is 0 Å². The zero-order valence-corrected chi connectivity index (χ0v) is 15.0. The highest BCUT2D eigenvalue weighted by Crippen LogP contribution is 2.40. The number of aliphatic imine (C=N–C) groups is 1. The van der Waals surface area contributed by atoms with E-state index in [1.807, 2.05) is 0 Å². The molecule has 0 bridgehead atoms. The first kappa shape index (κ1) is 20.3. The summed E-state index contributed by atoms with van der Waals surface area (Å²) in [4.78, 5) is 17.3. The van der Waals surface area contributed by atoms with Crippen LogP contribution in [0.5, 0.6) is 0 Å². The Morgan fingerprint density at radius 3 is 2.44 bits per heavy atom. The summed E-state index contributed by atoms with van der Waals surface area (Å²) in [6.45, 7) is 5.06. The van der Waals surface area contributed by atoms with Crippen LogP contribution in [0, 0.1) is 0 Å². The number of thioether (sulfide) groups is 1. The number of aliphatic hydroxyl groups excluding tert-OH is 2. The summed E-state index contributed by atoms with van der Waals surface area (Å²) in [5, 5.41) is 20.1. The summed E-state index contributed by atoms with van der Waals surface area (Å²) in [7, 11) is 1.40. The number of carbonyl (C=O) groups is 1. The van der Waals surface area contributed by atoms with Crippen LogP contribution in [0.2, 0.25) is 0 Å².